The fraction of sp³-hybridized carbons (Fsp3) is 0.700. The van der Waals surface area contributed by atoms with E-state index in [1.165, 1.54) is 6.20 Å². The highest BCUT2D eigenvalue weighted by Gasteiger charge is 2.28. The van der Waals surface area contributed by atoms with Gasteiger partial charge in [-0.1, -0.05) is 5.21 Å². The van der Waals surface area contributed by atoms with Gasteiger partial charge in [0.15, 0.2) is 5.69 Å². The predicted molar refractivity (Wildman–Crippen MR) is 66.8 cm³/mol. The molecule has 0 bridgehead atoms. The van der Waals surface area contributed by atoms with E-state index in [0.29, 0.717) is 0 Å². The van der Waals surface area contributed by atoms with Gasteiger partial charge in [-0.2, -0.15) is 13.2 Å². The molecule has 10 heteroatoms. The number of halogens is 4. The zero-order chi connectivity index (χ0) is 13.9. The van der Waals surface area contributed by atoms with Crippen LogP contribution >= 0.6 is 12.4 Å². The highest BCUT2D eigenvalue weighted by molar-refractivity contribution is 5.91. The van der Waals surface area contributed by atoms with E-state index < -0.39 is 18.6 Å². The summed E-state index contributed by atoms with van der Waals surface area (Å²) in [6, 6.07) is 0.137. The minimum Gasteiger partial charge on any atom is -0.341 e. The van der Waals surface area contributed by atoms with Crippen molar-refractivity contribution in [2.75, 3.05) is 19.6 Å². The monoisotopic (exact) mass is 313 g/mol. The lowest BCUT2D eigenvalue weighted by Gasteiger charge is -2.22. The first-order valence-corrected chi connectivity index (χ1v) is 5.93. The summed E-state index contributed by atoms with van der Waals surface area (Å²) in [5, 5.41) is 12.4. The molecule has 0 saturated carbocycles. The summed E-state index contributed by atoms with van der Waals surface area (Å²) in [6.45, 7) is 0.326. The third kappa shape index (κ3) is 4.64. The molecule has 1 amide bonds. The summed E-state index contributed by atoms with van der Waals surface area (Å²) in [6.07, 6.45) is -1.33. The normalized spacial score (nSPS) is 16.6. The summed E-state index contributed by atoms with van der Waals surface area (Å²) in [5.74, 6) is -0.863. The summed E-state index contributed by atoms with van der Waals surface area (Å²) in [7, 11) is 0. The van der Waals surface area contributed by atoms with Crippen molar-refractivity contribution >= 4 is 18.3 Å². The molecule has 1 aliphatic rings. The van der Waals surface area contributed by atoms with Crippen molar-refractivity contribution in [1.82, 2.24) is 25.6 Å². The molecule has 1 aromatic rings. The van der Waals surface area contributed by atoms with E-state index >= 15 is 0 Å². The number of piperidine rings is 1. The van der Waals surface area contributed by atoms with Crippen LogP contribution in [0.5, 0.6) is 0 Å². The first-order chi connectivity index (χ1) is 8.96. The lowest BCUT2D eigenvalue weighted by atomic mass is 10.1. The number of hydrogen-bond acceptors (Lipinski definition) is 4. The Balaban J connectivity index is 0.00000200. The van der Waals surface area contributed by atoms with Crippen LogP contribution < -0.4 is 10.6 Å². The van der Waals surface area contributed by atoms with Gasteiger partial charge in [-0.05, 0) is 25.9 Å². The van der Waals surface area contributed by atoms with Crippen LogP contribution in [0, 0.1) is 0 Å². The second-order valence-electron chi connectivity index (χ2n) is 4.36. The van der Waals surface area contributed by atoms with Gasteiger partial charge < -0.3 is 10.6 Å². The molecule has 0 radical (unpaired) electrons. The molecule has 0 aromatic carbocycles. The molecule has 0 unspecified atom stereocenters. The van der Waals surface area contributed by atoms with E-state index in [1.807, 2.05) is 0 Å². The minimum absolute atomic E-state index is 0. The van der Waals surface area contributed by atoms with Gasteiger partial charge in [0.05, 0.1) is 12.2 Å². The Morgan fingerprint density at radius 1 is 1.45 bits per heavy atom. The quantitative estimate of drug-likeness (QED) is 0.870. The summed E-state index contributed by atoms with van der Waals surface area (Å²) in [4.78, 5) is 11.4. The Morgan fingerprint density at radius 2 is 2.10 bits per heavy atom. The van der Waals surface area contributed by atoms with Crippen LogP contribution in [0.4, 0.5) is 13.2 Å². The second-order valence-corrected chi connectivity index (χ2v) is 4.36. The van der Waals surface area contributed by atoms with E-state index in [9.17, 15) is 18.0 Å². The molecule has 2 N–H and O–H groups in total. The van der Waals surface area contributed by atoms with Crippen LogP contribution in [0.15, 0.2) is 6.20 Å². The molecule has 0 aliphatic carbocycles. The van der Waals surface area contributed by atoms with E-state index in [2.05, 4.69) is 15.6 Å². The highest BCUT2D eigenvalue weighted by atomic mass is 35.5. The number of nitrogens with one attached hydrogen (secondary N) is 2. The summed E-state index contributed by atoms with van der Waals surface area (Å²) >= 11 is 0. The fourth-order valence-corrected chi connectivity index (χ4v) is 1.90. The van der Waals surface area contributed by atoms with Gasteiger partial charge in [0.2, 0.25) is 0 Å². The Kier molecular flexibility index (Phi) is 5.75. The van der Waals surface area contributed by atoms with E-state index in [0.717, 1.165) is 25.9 Å². The smallest absolute Gasteiger partial charge is 0.341 e. The van der Waals surface area contributed by atoms with Gasteiger partial charge >= 0.3 is 6.18 Å². The molecule has 1 saturated heterocycles. The summed E-state index contributed by atoms with van der Waals surface area (Å²) in [5.41, 5.74) is -0.0946. The number of alkyl halides is 3. The zero-order valence-electron chi connectivity index (χ0n) is 10.5. The lowest BCUT2D eigenvalue weighted by molar-refractivity contribution is -0.123. The van der Waals surface area contributed by atoms with Crippen LogP contribution in [-0.2, 0) is 0 Å². The molecular weight excluding hydrogens is 299 g/mol. The molecule has 20 heavy (non-hydrogen) atoms. The Morgan fingerprint density at radius 3 is 2.70 bits per heavy atom. The van der Waals surface area contributed by atoms with Crippen LogP contribution in [0.1, 0.15) is 29.4 Å². The van der Waals surface area contributed by atoms with Gasteiger partial charge in [-0.3, -0.25) is 4.79 Å². The molecule has 1 aromatic heterocycles. The first kappa shape index (κ1) is 16.7. The van der Waals surface area contributed by atoms with Crippen LogP contribution in [0.2, 0.25) is 0 Å². The number of carbonyl (C=O) groups excluding carboxylic acids is 1. The van der Waals surface area contributed by atoms with Gasteiger partial charge in [0.25, 0.3) is 5.91 Å². The van der Waals surface area contributed by atoms with Crippen molar-refractivity contribution in [2.24, 2.45) is 0 Å². The third-order valence-electron chi connectivity index (χ3n) is 2.88. The highest BCUT2D eigenvalue weighted by Crippen LogP contribution is 2.17. The van der Waals surface area contributed by atoms with Gasteiger partial charge in [0.1, 0.15) is 6.54 Å². The molecular formula is C10H15ClF3N5O. The topological polar surface area (TPSA) is 71.8 Å². The molecule has 1 aliphatic heterocycles. The number of carbonyl (C=O) groups is 1. The molecule has 1 fully saturated rings. The largest absolute Gasteiger partial charge is 0.405 e. The van der Waals surface area contributed by atoms with Crippen molar-refractivity contribution < 1.29 is 18.0 Å². The maximum Gasteiger partial charge on any atom is 0.405 e. The molecule has 0 spiro atoms. The average molecular weight is 314 g/mol. The maximum atomic E-state index is 12.0. The van der Waals surface area contributed by atoms with Gasteiger partial charge in [-0.25, -0.2) is 4.68 Å². The summed E-state index contributed by atoms with van der Waals surface area (Å²) < 4.78 is 37.4. The minimum atomic E-state index is -4.43. The van der Waals surface area contributed by atoms with Crippen LogP contribution in [0.25, 0.3) is 0 Å². The second kappa shape index (κ2) is 6.89. The van der Waals surface area contributed by atoms with E-state index in [4.69, 9.17) is 0 Å². The third-order valence-corrected chi connectivity index (χ3v) is 2.88. The molecule has 6 nitrogen and oxygen atoms in total. The predicted octanol–water partition coefficient (Wildman–Crippen LogP) is 0.916. The lowest BCUT2D eigenvalue weighted by Crippen LogP contribution is -2.34. The number of rotatable bonds is 3. The average Bonchev–Trinajstić information content (AvgIpc) is 2.86. The molecule has 0 atom stereocenters. The SMILES string of the molecule is Cl.O=C(NCC(F)(F)F)c1cn(C2CCNCC2)nn1. The van der Waals surface area contributed by atoms with E-state index in [-0.39, 0.29) is 24.1 Å². The number of aromatic nitrogens is 3. The standard InChI is InChI=1S/C10H14F3N5O.ClH/c11-10(12,13)6-15-9(19)8-5-18(17-16-8)7-1-3-14-4-2-7;/h5,7,14H,1-4,6H2,(H,15,19);1H. The van der Waals surface area contributed by atoms with Crippen LogP contribution in [-0.4, -0.2) is 46.7 Å². The van der Waals surface area contributed by atoms with Crippen molar-refractivity contribution in [2.45, 2.75) is 25.1 Å². The van der Waals surface area contributed by atoms with Gasteiger partial charge in [-0.15, -0.1) is 17.5 Å². The van der Waals surface area contributed by atoms with E-state index in [1.54, 1.807) is 10.00 Å². The Hall–Kier alpha value is -1.35. The Bertz CT molecular complexity index is 444. The van der Waals surface area contributed by atoms with Crippen LogP contribution in [0.3, 0.4) is 0 Å². The zero-order valence-corrected chi connectivity index (χ0v) is 11.3. The number of amides is 1. The van der Waals surface area contributed by atoms with Crippen molar-refractivity contribution in [3.8, 4) is 0 Å². The maximum absolute atomic E-state index is 12.0. The Labute approximate surface area is 119 Å². The number of hydrogen-bond donors (Lipinski definition) is 2. The molecule has 2 rings (SSSR count). The van der Waals surface area contributed by atoms with Crippen molar-refractivity contribution in [3.63, 3.8) is 0 Å². The van der Waals surface area contributed by atoms with Crippen molar-refractivity contribution in [1.29, 1.82) is 0 Å². The molecule has 114 valence electrons. The molecule has 2 heterocycles. The fourth-order valence-electron chi connectivity index (χ4n) is 1.90. The number of nitrogens with zero attached hydrogens (tertiary/aromatic N) is 3. The van der Waals surface area contributed by atoms with Crippen molar-refractivity contribution in [3.05, 3.63) is 11.9 Å². The first-order valence-electron chi connectivity index (χ1n) is 5.93. The van der Waals surface area contributed by atoms with Gasteiger partial charge in [0, 0.05) is 0 Å².